The molecule has 0 saturated heterocycles. The second-order valence-electron chi connectivity index (χ2n) is 5.71. The maximum Gasteiger partial charge on any atom is 0.323 e. The summed E-state index contributed by atoms with van der Waals surface area (Å²) in [6, 6.07) is 3.68. The minimum absolute atomic E-state index is 0.0276. The Morgan fingerprint density at radius 2 is 1.95 bits per heavy atom. The van der Waals surface area contributed by atoms with Crippen LogP contribution in [0.4, 0.5) is 8.78 Å². The lowest BCUT2D eigenvalue weighted by molar-refractivity contribution is -0.145. The van der Waals surface area contributed by atoms with Gasteiger partial charge in [0, 0.05) is 12.0 Å². The van der Waals surface area contributed by atoms with Gasteiger partial charge in [0.25, 0.3) is 0 Å². The van der Waals surface area contributed by atoms with E-state index in [0.29, 0.717) is 12.0 Å². The van der Waals surface area contributed by atoms with Crippen molar-refractivity contribution >= 4 is 11.9 Å². The molecule has 3 rings (SSSR count). The number of amides is 1. The number of carboxylic acid groups (broad SMARTS) is 1. The highest BCUT2D eigenvalue weighted by molar-refractivity contribution is 5.86. The molecule has 2 aliphatic carbocycles. The fraction of sp³-hybridized carbons (Fsp3) is 0.467. The Balaban J connectivity index is 1.69. The van der Waals surface area contributed by atoms with Crippen LogP contribution < -0.4 is 0 Å². The van der Waals surface area contributed by atoms with Crippen LogP contribution >= 0.6 is 0 Å². The number of halogens is 2. The zero-order valence-electron chi connectivity index (χ0n) is 11.3. The molecule has 2 fully saturated rings. The third-order valence-electron chi connectivity index (χ3n) is 4.06. The van der Waals surface area contributed by atoms with Crippen LogP contribution in [-0.2, 0) is 9.59 Å². The smallest absolute Gasteiger partial charge is 0.323 e. The fourth-order valence-corrected chi connectivity index (χ4v) is 2.71. The molecule has 2 atom stereocenters. The van der Waals surface area contributed by atoms with E-state index in [1.807, 2.05) is 0 Å². The van der Waals surface area contributed by atoms with E-state index in [1.54, 1.807) is 0 Å². The molecular weight excluding hydrogens is 280 g/mol. The first kappa shape index (κ1) is 14.0. The highest BCUT2D eigenvalue weighted by Gasteiger charge is 2.48. The van der Waals surface area contributed by atoms with E-state index >= 15 is 0 Å². The molecule has 0 bridgehead atoms. The summed E-state index contributed by atoms with van der Waals surface area (Å²) in [4.78, 5) is 24.6. The van der Waals surface area contributed by atoms with Crippen LogP contribution in [0, 0.1) is 17.6 Å². The van der Waals surface area contributed by atoms with Gasteiger partial charge >= 0.3 is 5.97 Å². The highest BCUT2D eigenvalue weighted by atomic mass is 19.2. The van der Waals surface area contributed by atoms with Crippen molar-refractivity contribution in [3.63, 3.8) is 0 Å². The SMILES string of the molecule is O=C(O)CN(C(=O)[C@@H]1C[C@H]1c1ccc(F)c(F)c1)C1CC1. The van der Waals surface area contributed by atoms with Crippen LogP contribution in [0.5, 0.6) is 0 Å². The lowest BCUT2D eigenvalue weighted by atomic mass is 10.1. The number of aliphatic carboxylic acids is 1. The molecule has 1 aromatic rings. The summed E-state index contributed by atoms with van der Waals surface area (Å²) in [5.41, 5.74) is 0.596. The third kappa shape index (κ3) is 2.89. The Labute approximate surface area is 120 Å². The van der Waals surface area contributed by atoms with Gasteiger partial charge in [0.2, 0.25) is 5.91 Å². The minimum atomic E-state index is -1.03. The molecule has 0 aromatic heterocycles. The highest BCUT2D eigenvalue weighted by Crippen LogP contribution is 2.49. The van der Waals surface area contributed by atoms with Gasteiger partial charge in [-0.3, -0.25) is 9.59 Å². The summed E-state index contributed by atoms with van der Waals surface area (Å²) >= 11 is 0. The van der Waals surface area contributed by atoms with Crippen LogP contribution in [0.25, 0.3) is 0 Å². The summed E-state index contributed by atoms with van der Waals surface area (Å²) < 4.78 is 26.1. The zero-order valence-corrected chi connectivity index (χ0v) is 11.3. The lowest BCUT2D eigenvalue weighted by Crippen LogP contribution is -2.38. The molecule has 1 N–H and O–H groups in total. The Kier molecular flexibility index (Phi) is 3.39. The number of rotatable bonds is 5. The molecule has 0 aliphatic heterocycles. The molecule has 2 aliphatic rings. The van der Waals surface area contributed by atoms with Crippen molar-refractivity contribution in [3.8, 4) is 0 Å². The van der Waals surface area contributed by atoms with Crippen LogP contribution in [-0.4, -0.2) is 34.5 Å². The molecule has 0 heterocycles. The molecule has 6 heteroatoms. The summed E-state index contributed by atoms with van der Waals surface area (Å²) in [7, 11) is 0. The van der Waals surface area contributed by atoms with Gasteiger partial charge in [-0.1, -0.05) is 6.07 Å². The van der Waals surface area contributed by atoms with Gasteiger partial charge in [-0.15, -0.1) is 0 Å². The van der Waals surface area contributed by atoms with E-state index in [1.165, 1.54) is 11.0 Å². The van der Waals surface area contributed by atoms with E-state index < -0.39 is 17.6 Å². The van der Waals surface area contributed by atoms with Crippen molar-refractivity contribution in [1.29, 1.82) is 0 Å². The maximum absolute atomic E-state index is 13.2. The first-order valence-corrected chi connectivity index (χ1v) is 6.94. The van der Waals surface area contributed by atoms with Crippen LogP contribution in [0.1, 0.15) is 30.7 Å². The topological polar surface area (TPSA) is 57.6 Å². The van der Waals surface area contributed by atoms with Crippen LogP contribution in [0.2, 0.25) is 0 Å². The monoisotopic (exact) mass is 295 g/mol. The largest absolute Gasteiger partial charge is 0.480 e. The first-order chi connectivity index (χ1) is 9.97. The predicted octanol–water partition coefficient (Wildman–Crippen LogP) is 2.14. The standard InChI is InChI=1S/C15H15F2NO3/c16-12-4-1-8(5-13(12)17)10-6-11(10)15(21)18(7-14(19)20)9-2-3-9/h1,4-5,9-11H,2-3,6-7H2,(H,19,20)/t10-,11+/m0/s1. The lowest BCUT2D eigenvalue weighted by Gasteiger charge is -2.20. The van der Waals surface area contributed by atoms with Crippen LogP contribution in [0.3, 0.4) is 0 Å². The Morgan fingerprint density at radius 3 is 2.52 bits per heavy atom. The summed E-state index contributed by atoms with van der Waals surface area (Å²) in [6.07, 6.45) is 2.23. The van der Waals surface area contributed by atoms with E-state index in [4.69, 9.17) is 5.11 Å². The van der Waals surface area contributed by atoms with Gasteiger partial charge in [0.15, 0.2) is 11.6 Å². The Bertz CT molecular complexity index is 601. The quantitative estimate of drug-likeness (QED) is 0.905. The van der Waals surface area contributed by atoms with Crippen LogP contribution in [0.15, 0.2) is 18.2 Å². The number of hydrogen-bond acceptors (Lipinski definition) is 2. The van der Waals surface area contributed by atoms with Crippen molar-refractivity contribution < 1.29 is 23.5 Å². The van der Waals surface area contributed by atoms with Gasteiger partial charge in [-0.05, 0) is 42.9 Å². The summed E-state index contributed by atoms with van der Waals surface area (Å²) in [5.74, 6) is -3.49. The molecule has 4 nitrogen and oxygen atoms in total. The number of benzene rings is 1. The summed E-state index contributed by atoms with van der Waals surface area (Å²) in [6.45, 7) is -0.287. The molecule has 1 amide bonds. The number of carbonyl (C=O) groups is 2. The van der Waals surface area contributed by atoms with E-state index in [0.717, 1.165) is 25.0 Å². The first-order valence-electron chi connectivity index (χ1n) is 6.94. The molecule has 0 radical (unpaired) electrons. The minimum Gasteiger partial charge on any atom is -0.480 e. The average molecular weight is 295 g/mol. The van der Waals surface area contributed by atoms with Gasteiger partial charge in [0.05, 0.1) is 0 Å². The van der Waals surface area contributed by atoms with Gasteiger partial charge in [-0.2, -0.15) is 0 Å². The second-order valence-corrected chi connectivity index (χ2v) is 5.71. The number of carboxylic acids is 1. The van der Waals surface area contributed by atoms with Gasteiger partial charge in [-0.25, -0.2) is 8.78 Å². The van der Waals surface area contributed by atoms with E-state index in [2.05, 4.69) is 0 Å². The van der Waals surface area contributed by atoms with Gasteiger partial charge in [0.1, 0.15) is 6.54 Å². The van der Waals surface area contributed by atoms with Crippen molar-refractivity contribution in [1.82, 2.24) is 4.90 Å². The van der Waals surface area contributed by atoms with Crippen molar-refractivity contribution in [2.45, 2.75) is 31.2 Å². The van der Waals surface area contributed by atoms with E-state index in [-0.39, 0.29) is 30.3 Å². The van der Waals surface area contributed by atoms with Crippen molar-refractivity contribution in [2.24, 2.45) is 5.92 Å². The normalized spacial score (nSPS) is 23.7. The van der Waals surface area contributed by atoms with E-state index in [9.17, 15) is 18.4 Å². The second kappa shape index (κ2) is 5.09. The molecule has 1 aromatic carbocycles. The third-order valence-corrected chi connectivity index (χ3v) is 4.06. The number of nitrogens with zero attached hydrogens (tertiary/aromatic N) is 1. The molecule has 2 saturated carbocycles. The Morgan fingerprint density at radius 1 is 1.24 bits per heavy atom. The van der Waals surface area contributed by atoms with Crippen molar-refractivity contribution in [3.05, 3.63) is 35.4 Å². The molecular formula is C15H15F2NO3. The fourth-order valence-electron chi connectivity index (χ4n) is 2.71. The Hall–Kier alpha value is -1.98. The van der Waals surface area contributed by atoms with Crippen molar-refractivity contribution in [2.75, 3.05) is 6.54 Å². The average Bonchev–Trinajstić information content (AvgIpc) is 3.30. The molecule has 21 heavy (non-hydrogen) atoms. The molecule has 0 unspecified atom stereocenters. The number of carbonyl (C=O) groups excluding carboxylic acids is 1. The maximum atomic E-state index is 13.2. The number of hydrogen-bond donors (Lipinski definition) is 1. The molecule has 0 spiro atoms. The summed E-state index contributed by atoms with van der Waals surface area (Å²) in [5, 5.41) is 8.88. The predicted molar refractivity (Wildman–Crippen MR) is 69.6 cm³/mol. The zero-order chi connectivity index (χ0) is 15.1. The van der Waals surface area contributed by atoms with Gasteiger partial charge < -0.3 is 10.0 Å². The molecule has 112 valence electrons.